The van der Waals surface area contributed by atoms with Crippen LogP contribution in [0.2, 0.25) is 0 Å². The van der Waals surface area contributed by atoms with Crippen molar-refractivity contribution in [1.29, 1.82) is 0 Å². The summed E-state index contributed by atoms with van der Waals surface area (Å²) in [5.41, 5.74) is 1.47. The molecule has 2 amide bonds. The highest BCUT2D eigenvalue weighted by atomic mass is 16.2. The minimum atomic E-state index is -0.509. The molecule has 0 spiro atoms. The number of aryl methyl sites for hydroxylation is 2. The Morgan fingerprint density at radius 2 is 2.10 bits per heavy atom. The van der Waals surface area contributed by atoms with E-state index in [4.69, 9.17) is 0 Å². The van der Waals surface area contributed by atoms with Gasteiger partial charge in [-0.1, -0.05) is 20.3 Å². The molecule has 110 valence electrons. The predicted octanol–water partition coefficient (Wildman–Crippen LogP) is 0.995. The normalized spacial score (nSPS) is 24.8. The summed E-state index contributed by atoms with van der Waals surface area (Å²) in [5.74, 6) is -0.0564. The summed E-state index contributed by atoms with van der Waals surface area (Å²) in [6, 6.07) is -0.964. The van der Waals surface area contributed by atoms with E-state index in [2.05, 4.69) is 10.4 Å². The molecule has 0 aromatic carbocycles. The molecule has 1 aliphatic heterocycles. The third-order valence-electron chi connectivity index (χ3n) is 4.03. The van der Waals surface area contributed by atoms with Gasteiger partial charge in [-0.2, -0.15) is 5.10 Å². The topological polar surface area (TPSA) is 67.2 Å². The number of nitrogens with one attached hydrogen (secondary N) is 1. The molecule has 2 rings (SSSR count). The quantitative estimate of drug-likeness (QED) is 0.896. The van der Waals surface area contributed by atoms with E-state index in [-0.39, 0.29) is 17.7 Å². The summed E-state index contributed by atoms with van der Waals surface area (Å²) in [4.78, 5) is 26.4. The van der Waals surface area contributed by atoms with Crippen LogP contribution in [0.1, 0.15) is 32.9 Å². The van der Waals surface area contributed by atoms with E-state index < -0.39 is 12.1 Å². The van der Waals surface area contributed by atoms with E-state index >= 15 is 0 Å². The van der Waals surface area contributed by atoms with Gasteiger partial charge < -0.3 is 5.32 Å². The molecule has 3 atom stereocenters. The lowest BCUT2D eigenvalue weighted by molar-refractivity contribution is -0.134. The Labute approximate surface area is 119 Å². The summed E-state index contributed by atoms with van der Waals surface area (Å²) in [6.07, 6.45) is 2.63. The molecule has 1 N–H and O–H groups in total. The molecule has 3 unspecified atom stereocenters. The first-order valence-electron chi connectivity index (χ1n) is 7.00. The standard InChI is InChI=1S/C14H22N4O2/c1-6-8(2)12-14(20)18(10(4)13(19)15-12)11-7-17(5)16-9(11)3/h7-8,10,12H,6H2,1-5H3,(H,15,19). The highest BCUT2D eigenvalue weighted by Gasteiger charge is 2.41. The van der Waals surface area contributed by atoms with Crippen molar-refractivity contribution in [2.75, 3.05) is 4.90 Å². The van der Waals surface area contributed by atoms with Crippen LogP contribution in [0, 0.1) is 12.8 Å². The van der Waals surface area contributed by atoms with Crippen molar-refractivity contribution in [2.45, 2.75) is 46.2 Å². The SMILES string of the molecule is CCC(C)C1NC(=O)C(C)N(c2cn(C)nc2C)C1=O. The summed E-state index contributed by atoms with van der Waals surface area (Å²) < 4.78 is 1.66. The number of hydrogen-bond acceptors (Lipinski definition) is 3. The van der Waals surface area contributed by atoms with Crippen molar-refractivity contribution in [3.05, 3.63) is 11.9 Å². The smallest absolute Gasteiger partial charge is 0.250 e. The summed E-state index contributed by atoms with van der Waals surface area (Å²) in [5, 5.41) is 7.10. The Kier molecular flexibility index (Phi) is 3.83. The van der Waals surface area contributed by atoms with Crippen molar-refractivity contribution < 1.29 is 9.59 Å². The average Bonchev–Trinajstić information content (AvgIpc) is 2.72. The Balaban J connectivity index is 2.41. The second-order valence-electron chi connectivity index (χ2n) is 5.53. The first-order chi connectivity index (χ1) is 9.36. The molecular formula is C14H22N4O2. The lowest BCUT2D eigenvalue weighted by Crippen LogP contribution is -2.64. The van der Waals surface area contributed by atoms with Gasteiger partial charge in [-0.25, -0.2) is 0 Å². The Hall–Kier alpha value is -1.85. The van der Waals surface area contributed by atoms with Crippen molar-refractivity contribution in [3.8, 4) is 0 Å². The molecule has 1 aliphatic rings. The number of piperazine rings is 1. The first-order valence-corrected chi connectivity index (χ1v) is 7.00. The first kappa shape index (κ1) is 14.6. The van der Waals surface area contributed by atoms with Crippen LogP contribution in [0.25, 0.3) is 0 Å². The van der Waals surface area contributed by atoms with E-state index in [1.165, 1.54) is 0 Å². The van der Waals surface area contributed by atoms with Gasteiger partial charge in [-0.05, 0) is 19.8 Å². The molecule has 2 heterocycles. The van der Waals surface area contributed by atoms with Gasteiger partial charge in [0, 0.05) is 13.2 Å². The van der Waals surface area contributed by atoms with Gasteiger partial charge in [-0.3, -0.25) is 19.2 Å². The van der Waals surface area contributed by atoms with Crippen LogP contribution in [-0.2, 0) is 16.6 Å². The zero-order valence-corrected chi connectivity index (χ0v) is 12.7. The molecule has 1 aromatic heterocycles. The predicted molar refractivity (Wildman–Crippen MR) is 76.3 cm³/mol. The molecule has 20 heavy (non-hydrogen) atoms. The van der Waals surface area contributed by atoms with E-state index in [1.54, 1.807) is 22.7 Å². The second kappa shape index (κ2) is 5.26. The van der Waals surface area contributed by atoms with Crippen LogP contribution >= 0.6 is 0 Å². The van der Waals surface area contributed by atoms with Gasteiger partial charge in [0.1, 0.15) is 12.1 Å². The third kappa shape index (κ3) is 2.30. The van der Waals surface area contributed by atoms with Gasteiger partial charge in [0.2, 0.25) is 5.91 Å². The lowest BCUT2D eigenvalue weighted by atomic mass is 9.94. The van der Waals surface area contributed by atoms with E-state index in [1.807, 2.05) is 27.8 Å². The van der Waals surface area contributed by atoms with Crippen LogP contribution in [0.15, 0.2) is 6.20 Å². The number of nitrogens with zero attached hydrogens (tertiary/aromatic N) is 3. The van der Waals surface area contributed by atoms with Crippen LogP contribution < -0.4 is 10.2 Å². The van der Waals surface area contributed by atoms with Crippen LogP contribution in [0.5, 0.6) is 0 Å². The van der Waals surface area contributed by atoms with Gasteiger partial charge in [0.05, 0.1) is 11.4 Å². The fourth-order valence-electron chi connectivity index (χ4n) is 2.57. The molecular weight excluding hydrogens is 256 g/mol. The molecule has 1 saturated heterocycles. The summed E-state index contributed by atoms with van der Waals surface area (Å²) >= 11 is 0. The number of anilines is 1. The monoisotopic (exact) mass is 278 g/mol. The molecule has 1 aromatic rings. The molecule has 6 nitrogen and oxygen atoms in total. The molecule has 6 heteroatoms. The van der Waals surface area contributed by atoms with Crippen molar-refractivity contribution in [3.63, 3.8) is 0 Å². The van der Waals surface area contributed by atoms with Crippen molar-refractivity contribution >= 4 is 17.5 Å². The third-order valence-corrected chi connectivity index (χ3v) is 4.03. The molecule has 0 aliphatic carbocycles. The Morgan fingerprint density at radius 3 is 2.60 bits per heavy atom. The van der Waals surface area contributed by atoms with Crippen LogP contribution in [-0.4, -0.2) is 33.7 Å². The van der Waals surface area contributed by atoms with Crippen molar-refractivity contribution in [1.82, 2.24) is 15.1 Å². The molecule has 0 saturated carbocycles. The lowest BCUT2D eigenvalue weighted by Gasteiger charge is -2.38. The Morgan fingerprint density at radius 1 is 1.45 bits per heavy atom. The fraction of sp³-hybridized carbons (Fsp3) is 0.643. The van der Waals surface area contributed by atoms with Gasteiger partial charge in [0.15, 0.2) is 0 Å². The van der Waals surface area contributed by atoms with Gasteiger partial charge in [0.25, 0.3) is 5.91 Å². The zero-order chi connectivity index (χ0) is 15.0. The fourth-order valence-corrected chi connectivity index (χ4v) is 2.57. The molecule has 0 bridgehead atoms. The molecule has 1 fully saturated rings. The number of amides is 2. The van der Waals surface area contributed by atoms with Crippen LogP contribution in [0.4, 0.5) is 5.69 Å². The summed E-state index contributed by atoms with van der Waals surface area (Å²) in [7, 11) is 1.81. The average molecular weight is 278 g/mol. The van der Waals surface area contributed by atoms with Gasteiger partial charge in [-0.15, -0.1) is 0 Å². The number of carbonyl (C=O) groups excluding carboxylic acids is 2. The van der Waals surface area contributed by atoms with Crippen molar-refractivity contribution in [2.24, 2.45) is 13.0 Å². The minimum absolute atomic E-state index is 0.0532. The van der Waals surface area contributed by atoms with Gasteiger partial charge >= 0.3 is 0 Å². The van der Waals surface area contributed by atoms with E-state index in [9.17, 15) is 9.59 Å². The second-order valence-corrected chi connectivity index (χ2v) is 5.53. The summed E-state index contributed by atoms with van der Waals surface area (Å²) in [6.45, 7) is 7.58. The number of aromatic nitrogens is 2. The number of carbonyl (C=O) groups is 2. The van der Waals surface area contributed by atoms with Crippen LogP contribution in [0.3, 0.4) is 0 Å². The highest BCUT2D eigenvalue weighted by molar-refractivity contribution is 6.08. The Bertz CT molecular complexity index is 537. The largest absolute Gasteiger partial charge is 0.342 e. The maximum absolute atomic E-state index is 12.7. The zero-order valence-electron chi connectivity index (χ0n) is 12.7. The maximum Gasteiger partial charge on any atom is 0.250 e. The van der Waals surface area contributed by atoms with E-state index in [0.29, 0.717) is 5.69 Å². The maximum atomic E-state index is 12.7. The molecule has 0 radical (unpaired) electrons. The number of hydrogen-bond donors (Lipinski definition) is 1. The highest BCUT2D eigenvalue weighted by Crippen LogP contribution is 2.26. The minimum Gasteiger partial charge on any atom is -0.342 e. The van der Waals surface area contributed by atoms with E-state index in [0.717, 1.165) is 12.1 Å². The number of rotatable bonds is 3.